The second-order valence-electron chi connectivity index (χ2n) is 5.15. The van der Waals surface area contributed by atoms with Crippen molar-refractivity contribution in [2.75, 3.05) is 32.1 Å². The second-order valence-corrected chi connectivity index (χ2v) is 5.15. The van der Waals surface area contributed by atoms with Gasteiger partial charge in [0.05, 0.1) is 12.8 Å². The molecule has 20 heavy (non-hydrogen) atoms. The van der Waals surface area contributed by atoms with E-state index in [-0.39, 0.29) is 5.91 Å². The zero-order valence-electron chi connectivity index (χ0n) is 12.8. The van der Waals surface area contributed by atoms with Crippen LogP contribution in [-0.2, 0) is 4.79 Å². The van der Waals surface area contributed by atoms with Gasteiger partial charge in [-0.25, -0.2) is 0 Å². The maximum atomic E-state index is 11.8. The Bertz CT molecular complexity index is 450. The van der Waals surface area contributed by atoms with Crippen molar-refractivity contribution < 1.29 is 9.53 Å². The van der Waals surface area contributed by atoms with Gasteiger partial charge in [-0.3, -0.25) is 4.79 Å². The molecule has 0 aliphatic heterocycles. The molecule has 1 amide bonds. The fourth-order valence-electron chi connectivity index (χ4n) is 2.13. The van der Waals surface area contributed by atoms with Gasteiger partial charge in [-0.15, -0.1) is 0 Å². The molecule has 0 saturated heterocycles. The van der Waals surface area contributed by atoms with Gasteiger partial charge in [0.25, 0.3) is 0 Å². The summed E-state index contributed by atoms with van der Waals surface area (Å²) in [6.07, 6.45) is 0.946. The van der Waals surface area contributed by atoms with Crippen LogP contribution in [-0.4, -0.2) is 38.7 Å². The van der Waals surface area contributed by atoms with E-state index in [1.54, 1.807) is 7.11 Å². The summed E-state index contributed by atoms with van der Waals surface area (Å²) in [5.74, 6) is 0.421. The molecule has 0 aliphatic rings. The lowest BCUT2D eigenvalue weighted by Crippen LogP contribution is -2.59. The van der Waals surface area contributed by atoms with Crippen molar-refractivity contribution in [3.05, 3.63) is 24.3 Å². The second kappa shape index (κ2) is 7.14. The van der Waals surface area contributed by atoms with Crippen LogP contribution >= 0.6 is 0 Å². The number of carbonyl (C=O) groups excluding carboxylic acids is 1. The van der Waals surface area contributed by atoms with Crippen molar-refractivity contribution in [2.24, 2.45) is 5.73 Å². The SMILES string of the molecule is CCCNC(C)(CN(C)c1ccccc1OC)C(N)=O. The van der Waals surface area contributed by atoms with Crippen LogP contribution in [0.2, 0.25) is 0 Å². The number of hydrogen-bond acceptors (Lipinski definition) is 4. The number of primary amides is 1. The molecule has 3 N–H and O–H groups in total. The highest BCUT2D eigenvalue weighted by atomic mass is 16.5. The Morgan fingerprint density at radius 1 is 1.45 bits per heavy atom. The molecule has 0 fully saturated rings. The van der Waals surface area contributed by atoms with Crippen molar-refractivity contribution in [3.8, 4) is 5.75 Å². The molecule has 1 aromatic rings. The van der Waals surface area contributed by atoms with E-state index in [2.05, 4.69) is 12.2 Å². The highest BCUT2D eigenvalue weighted by molar-refractivity contribution is 5.85. The molecule has 0 bridgehead atoms. The number of nitrogens with one attached hydrogen (secondary N) is 1. The number of amides is 1. The van der Waals surface area contributed by atoms with Crippen molar-refractivity contribution in [3.63, 3.8) is 0 Å². The molecule has 0 saturated carbocycles. The highest BCUT2D eigenvalue weighted by Crippen LogP contribution is 2.27. The minimum Gasteiger partial charge on any atom is -0.495 e. The van der Waals surface area contributed by atoms with Gasteiger partial charge < -0.3 is 20.7 Å². The Hall–Kier alpha value is -1.75. The summed E-state index contributed by atoms with van der Waals surface area (Å²) in [5, 5.41) is 3.23. The number of nitrogens with zero attached hydrogens (tertiary/aromatic N) is 1. The Labute approximate surface area is 121 Å². The maximum Gasteiger partial charge on any atom is 0.239 e. The van der Waals surface area contributed by atoms with E-state index in [1.165, 1.54) is 0 Å². The third-order valence-corrected chi connectivity index (χ3v) is 3.36. The fourth-order valence-corrected chi connectivity index (χ4v) is 2.13. The van der Waals surface area contributed by atoms with Crippen LogP contribution in [0.1, 0.15) is 20.3 Å². The van der Waals surface area contributed by atoms with Gasteiger partial charge >= 0.3 is 0 Å². The first-order valence-electron chi connectivity index (χ1n) is 6.83. The summed E-state index contributed by atoms with van der Waals surface area (Å²) in [4.78, 5) is 13.7. The van der Waals surface area contributed by atoms with E-state index in [4.69, 9.17) is 10.5 Å². The molecule has 0 aromatic heterocycles. The molecule has 1 aromatic carbocycles. The number of likely N-dealkylation sites (N-methyl/N-ethyl adjacent to an activating group) is 1. The third-order valence-electron chi connectivity index (χ3n) is 3.36. The van der Waals surface area contributed by atoms with Gasteiger partial charge in [0.2, 0.25) is 5.91 Å². The molecule has 1 atom stereocenters. The van der Waals surface area contributed by atoms with E-state index in [0.29, 0.717) is 6.54 Å². The Morgan fingerprint density at radius 2 is 2.10 bits per heavy atom. The molecule has 0 radical (unpaired) electrons. The number of methoxy groups -OCH3 is 1. The largest absolute Gasteiger partial charge is 0.495 e. The molecular formula is C15H25N3O2. The van der Waals surface area contributed by atoms with Crippen LogP contribution in [0.5, 0.6) is 5.75 Å². The minimum atomic E-state index is -0.772. The van der Waals surface area contributed by atoms with E-state index in [9.17, 15) is 4.79 Å². The first-order chi connectivity index (χ1) is 9.44. The zero-order chi connectivity index (χ0) is 15.2. The van der Waals surface area contributed by atoms with Gasteiger partial charge in [0.15, 0.2) is 0 Å². The highest BCUT2D eigenvalue weighted by Gasteiger charge is 2.32. The number of benzene rings is 1. The van der Waals surface area contributed by atoms with Crippen molar-refractivity contribution >= 4 is 11.6 Å². The van der Waals surface area contributed by atoms with Crippen LogP contribution < -0.4 is 20.7 Å². The fraction of sp³-hybridized carbons (Fsp3) is 0.533. The standard InChI is InChI=1S/C15H25N3O2/c1-5-10-17-15(2,14(16)19)11-18(3)12-8-6-7-9-13(12)20-4/h6-9,17H,5,10-11H2,1-4H3,(H2,16,19). The van der Waals surface area contributed by atoms with E-state index < -0.39 is 5.54 Å². The summed E-state index contributed by atoms with van der Waals surface area (Å²) in [6.45, 7) is 5.11. The van der Waals surface area contributed by atoms with E-state index in [1.807, 2.05) is 43.1 Å². The lowest BCUT2D eigenvalue weighted by Gasteiger charge is -2.33. The lowest BCUT2D eigenvalue weighted by molar-refractivity contribution is -0.123. The van der Waals surface area contributed by atoms with E-state index in [0.717, 1.165) is 24.4 Å². The summed E-state index contributed by atoms with van der Waals surface area (Å²) in [5.41, 5.74) is 5.71. The molecule has 5 heteroatoms. The molecule has 5 nitrogen and oxygen atoms in total. The monoisotopic (exact) mass is 279 g/mol. The Balaban J connectivity index is 2.90. The molecule has 1 rings (SSSR count). The van der Waals surface area contributed by atoms with Crippen molar-refractivity contribution in [1.29, 1.82) is 0 Å². The van der Waals surface area contributed by atoms with Crippen LogP contribution in [0.3, 0.4) is 0 Å². The normalized spacial score (nSPS) is 13.6. The van der Waals surface area contributed by atoms with E-state index >= 15 is 0 Å². The Morgan fingerprint density at radius 3 is 2.65 bits per heavy atom. The predicted molar refractivity (Wildman–Crippen MR) is 82.2 cm³/mol. The number of nitrogens with two attached hydrogens (primary N) is 1. The first kappa shape index (κ1) is 16.3. The average molecular weight is 279 g/mol. The van der Waals surface area contributed by atoms with Gasteiger partial charge in [0.1, 0.15) is 11.3 Å². The maximum absolute atomic E-state index is 11.8. The summed E-state index contributed by atoms with van der Waals surface area (Å²) in [6, 6.07) is 7.71. The lowest BCUT2D eigenvalue weighted by atomic mass is 10.00. The van der Waals surface area contributed by atoms with Gasteiger partial charge in [-0.1, -0.05) is 19.1 Å². The summed E-state index contributed by atoms with van der Waals surface area (Å²) in [7, 11) is 3.56. The van der Waals surface area contributed by atoms with Crippen LogP contribution in [0.4, 0.5) is 5.69 Å². The molecule has 112 valence electrons. The quantitative estimate of drug-likeness (QED) is 0.754. The molecule has 0 aliphatic carbocycles. The van der Waals surface area contributed by atoms with Gasteiger partial charge in [-0.05, 0) is 32.0 Å². The summed E-state index contributed by atoms with van der Waals surface area (Å²) < 4.78 is 5.34. The predicted octanol–water partition coefficient (Wildman–Crippen LogP) is 1.38. The number of rotatable bonds is 8. The number of para-hydroxylation sites is 2. The topological polar surface area (TPSA) is 67.6 Å². The first-order valence-corrected chi connectivity index (χ1v) is 6.83. The van der Waals surface area contributed by atoms with Crippen LogP contribution in [0.25, 0.3) is 0 Å². The van der Waals surface area contributed by atoms with Gasteiger partial charge in [-0.2, -0.15) is 0 Å². The third kappa shape index (κ3) is 3.87. The molecule has 0 heterocycles. The van der Waals surface area contributed by atoms with Crippen LogP contribution in [0, 0.1) is 0 Å². The number of ether oxygens (including phenoxy) is 1. The minimum absolute atomic E-state index is 0.354. The average Bonchev–Trinajstić information content (AvgIpc) is 2.44. The molecular weight excluding hydrogens is 254 g/mol. The summed E-state index contributed by atoms with van der Waals surface area (Å²) >= 11 is 0. The number of carbonyl (C=O) groups is 1. The number of hydrogen-bond donors (Lipinski definition) is 2. The van der Waals surface area contributed by atoms with Crippen molar-refractivity contribution in [1.82, 2.24) is 5.32 Å². The van der Waals surface area contributed by atoms with Gasteiger partial charge in [0, 0.05) is 13.6 Å². The molecule has 1 unspecified atom stereocenters. The van der Waals surface area contributed by atoms with Crippen molar-refractivity contribution in [2.45, 2.75) is 25.8 Å². The smallest absolute Gasteiger partial charge is 0.239 e. The Kier molecular flexibility index (Phi) is 5.82. The number of anilines is 1. The zero-order valence-corrected chi connectivity index (χ0v) is 12.8. The van der Waals surface area contributed by atoms with Crippen LogP contribution in [0.15, 0.2) is 24.3 Å². The molecule has 0 spiro atoms.